The monoisotopic (exact) mass is 923 g/mol. The highest BCUT2D eigenvalue weighted by Gasteiger charge is 2.51. The predicted molar refractivity (Wildman–Crippen MR) is 248 cm³/mol. The summed E-state index contributed by atoms with van der Waals surface area (Å²) >= 11 is 0. The fourth-order valence-corrected chi connectivity index (χ4v) is 7.69. The van der Waals surface area contributed by atoms with Gasteiger partial charge in [0, 0.05) is 12.8 Å². The molecule has 1 saturated heterocycles. The van der Waals surface area contributed by atoms with Gasteiger partial charge in [-0.1, -0.05) is 131 Å². The SMILES string of the molecule is CCCCC/C=C\C/C=C\C/C=C\C/C=C\CCCC(=O)OC[C@H](COP(=O)(O)OC1[C@H](O)[C@H](O)C(O)[C@H](O)[C@H]1O)OC(=O)CCC/C=C\C/C=C\C/C=C\CC1OC1CCCCC. The molecule has 0 aromatic heterocycles. The van der Waals surface area contributed by atoms with E-state index in [2.05, 4.69) is 74.6 Å². The molecule has 1 saturated carbocycles. The molecule has 0 spiro atoms. The summed E-state index contributed by atoms with van der Waals surface area (Å²) in [7, 11) is -5.16. The number of phosphoric acid groups is 1. The number of ether oxygens (including phenoxy) is 3. The van der Waals surface area contributed by atoms with E-state index in [1.165, 1.54) is 38.5 Å². The van der Waals surface area contributed by atoms with Gasteiger partial charge in [0.1, 0.15) is 43.2 Å². The first-order chi connectivity index (χ1) is 30.9. The minimum atomic E-state index is -5.16. The van der Waals surface area contributed by atoms with Gasteiger partial charge in [-0.3, -0.25) is 18.6 Å². The maximum atomic E-state index is 12.8. The van der Waals surface area contributed by atoms with Gasteiger partial charge in [0.05, 0.1) is 18.8 Å². The maximum Gasteiger partial charge on any atom is 0.472 e. The standard InChI is InChI=1S/C49H79O14P/c1-3-5-7-8-9-10-11-12-13-14-15-16-17-21-24-27-31-35-42(50)59-37-39(38-60-64(57,58)63-49-47(55)45(53)44(52)46(54)48(49)56)61-43(51)36-32-28-25-22-19-18-20-23-26-30-34-41-40(62-41)33-29-6-4-2/h9-10,12-13,15-16,18,20-22,24-26,30,39-41,44-49,52-56H,3-8,11,14,17,19,23,27-29,31-38H2,1-2H3,(H,57,58)/b10-9-,13-12-,16-15-,20-18-,24-21-,25-22-,30-26-/t39-,40?,41?,44?,45-,46+,47-,48-,49?/m1/s1. The molecule has 0 aromatic rings. The fraction of sp³-hybridized carbons (Fsp3) is 0.673. The van der Waals surface area contributed by atoms with Crippen molar-refractivity contribution in [1.82, 2.24) is 0 Å². The smallest absolute Gasteiger partial charge is 0.462 e. The summed E-state index contributed by atoms with van der Waals surface area (Å²) in [6, 6.07) is 0. The third-order valence-electron chi connectivity index (χ3n) is 10.6. The highest BCUT2D eigenvalue weighted by atomic mass is 31.2. The average molecular weight is 923 g/mol. The molecule has 1 aliphatic heterocycles. The van der Waals surface area contributed by atoms with Crippen molar-refractivity contribution in [3.05, 3.63) is 85.1 Å². The summed E-state index contributed by atoms with van der Waals surface area (Å²) in [6.07, 6.45) is 33.9. The Labute approximate surface area is 382 Å². The lowest BCUT2D eigenvalue weighted by Crippen LogP contribution is -2.64. The lowest BCUT2D eigenvalue weighted by atomic mass is 9.85. The van der Waals surface area contributed by atoms with Crippen LogP contribution in [0.4, 0.5) is 0 Å². The van der Waals surface area contributed by atoms with Crippen LogP contribution in [-0.2, 0) is 37.4 Å². The van der Waals surface area contributed by atoms with Gasteiger partial charge >= 0.3 is 19.8 Å². The second-order valence-electron chi connectivity index (χ2n) is 16.3. The average Bonchev–Trinajstić information content (AvgIpc) is 4.03. The molecule has 10 atom stereocenters. The molecule has 6 N–H and O–H groups in total. The van der Waals surface area contributed by atoms with E-state index in [0.29, 0.717) is 37.9 Å². The van der Waals surface area contributed by atoms with Gasteiger partial charge in [-0.15, -0.1) is 0 Å². The van der Waals surface area contributed by atoms with E-state index in [1.54, 1.807) is 0 Å². The molecule has 2 rings (SSSR count). The van der Waals surface area contributed by atoms with Gasteiger partial charge in [0.15, 0.2) is 6.10 Å². The molecule has 1 aliphatic carbocycles. The third-order valence-corrected chi connectivity index (χ3v) is 11.6. The first kappa shape index (κ1) is 57.1. The van der Waals surface area contributed by atoms with E-state index >= 15 is 0 Å². The summed E-state index contributed by atoms with van der Waals surface area (Å²) < 4.78 is 39.1. The van der Waals surface area contributed by atoms with Crippen LogP contribution in [0, 0.1) is 0 Å². The van der Waals surface area contributed by atoms with Gasteiger partial charge < -0.3 is 44.6 Å². The van der Waals surface area contributed by atoms with Gasteiger partial charge in [0.25, 0.3) is 0 Å². The highest BCUT2D eigenvalue weighted by Crippen LogP contribution is 2.47. The number of aliphatic hydroxyl groups is 5. The molecule has 14 nitrogen and oxygen atoms in total. The normalized spacial score (nSPS) is 25.5. The molecule has 0 aromatic carbocycles. The number of hydrogen-bond donors (Lipinski definition) is 6. The quantitative estimate of drug-likeness (QED) is 0.0115. The van der Waals surface area contributed by atoms with Gasteiger partial charge in [-0.25, -0.2) is 4.57 Å². The number of rotatable bonds is 36. The van der Waals surface area contributed by atoms with E-state index in [-0.39, 0.29) is 12.8 Å². The van der Waals surface area contributed by atoms with Crippen LogP contribution < -0.4 is 0 Å². The Hall–Kier alpha value is -3.01. The molecule has 2 aliphatic rings. The Morgan fingerprint density at radius 1 is 0.562 bits per heavy atom. The molecule has 0 radical (unpaired) electrons. The van der Waals surface area contributed by atoms with Crippen molar-refractivity contribution in [1.29, 1.82) is 0 Å². The second-order valence-corrected chi connectivity index (χ2v) is 17.7. The Bertz CT molecular complexity index is 1510. The van der Waals surface area contributed by atoms with Gasteiger partial charge in [-0.05, 0) is 83.5 Å². The number of aliphatic hydroxyl groups excluding tert-OH is 5. The third kappa shape index (κ3) is 26.8. The Balaban J connectivity index is 1.76. The number of carbonyl (C=O) groups excluding carboxylic acids is 2. The fourth-order valence-electron chi connectivity index (χ4n) is 6.72. The zero-order valence-electron chi connectivity index (χ0n) is 38.2. The van der Waals surface area contributed by atoms with Crippen LogP contribution >= 0.6 is 7.82 Å². The first-order valence-corrected chi connectivity index (χ1v) is 25.0. The van der Waals surface area contributed by atoms with E-state index in [0.717, 1.165) is 51.4 Å². The second kappa shape index (κ2) is 35.2. The molecular formula is C49H79O14P. The van der Waals surface area contributed by atoms with Crippen LogP contribution in [0.2, 0.25) is 0 Å². The number of carbonyl (C=O) groups is 2. The zero-order chi connectivity index (χ0) is 46.8. The lowest BCUT2D eigenvalue weighted by Gasteiger charge is -2.41. The van der Waals surface area contributed by atoms with E-state index in [1.807, 2.05) is 24.3 Å². The molecule has 1 heterocycles. The number of phosphoric ester groups is 1. The summed E-state index contributed by atoms with van der Waals surface area (Å²) in [5.74, 6) is -1.24. The number of hydrogen-bond acceptors (Lipinski definition) is 13. The number of epoxide rings is 1. The lowest BCUT2D eigenvalue weighted by molar-refractivity contribution is -0.220. The van der Waals surface area contributed by atoms with Crippen LogP contribution in [0.1, 0.15) is 142 Å². The van der Waals surface area contributed by atoms with Crippen LogP contribution in [0.3, 0.4) is 0 Å². The Kier molecular flexibility index (Phi) is 31.4. The van der Waals surface area contributed by atoms with Crippen LogP contribution in [0.5, 0.6) is 0 Å². The molecule has 364 valence electrons. The minimum absolute atomic E-state index is 0.000509. The Morgan fingerprint density at radius 3 is 1.55 bits per heavy atom. The van der Waals surface area contributed by atoms with Gasteiger partial charge in [-0.2, -0.15) is 0 Å². The number of allylic oxidation sites excluding steroid dienone is 13. The van der Waals surface area contributed by atoms with Crippen molar-refractivity contribution in [2.75, 3.05) is 13.2 Å². The Morgan fingerprint density at radius 2 is 1.02 bits per heavy atom. The molecule has 64 heavy (non-hydrogen) atoms. The summed E-state index contributed by atoms with van der Waals surface area (Å²) in [4.78, 5) is 35.7. The van der Waals surface area contributed by atoms with Crippen LogP contribution in [0.25, 0.3) is 0 Å². The van der Waals surface area contributed by atoms with Crippen LogP contribution in [-0.4, -0.2) is 111 Å². The molecule has 5 unspecified atom stereocenters. The first-order valence-electron chi connectivity index (χ1n) is 23.5. The molecule has 2 fully saturated rings. The van der Waals surface area contributed by atoms with Crippen molar-refractivity contribution >= 4 is 19.8 Å². The molecule has 0 bridgehead atoms. The predicted octanol–water partition coefficient (Wildman–Crippen LogP) is 8.26. The van der Waals surface area contributed by atoms with Crippen molar-refractivity contribution in [2.24, 2.45) is 0 Å². The minimum Gasteiger partial charge on any atom is -0.462 e. The van der Waals surface area contributed by atoms with Crippen molar-refractivity contribution < 1.29 is 67.8 Å². The molecular weight excluding hydrogens is 843 g/mol. The number of unbranched alkanes of at least 4 members (excludes halogenated alkanes) is 7. The van der Waals surface area contributed by atoms with Crippen molar-refractivity contribution in [3.8, 4) is 0 Å². The zero-order valence-corrected chi connectivity index (χ0v) is 39.1. The summed E-state index contributed by atoms with van der Waals surface area (Å²) in [5.41, 5.74) is 0. The van der Waals surface area contributed by atoms with Crippen molar-refractivity contribution in [2.45, 2.75) is 197 Å². The highest BCUT2D eigenvalue weighted by molar-refractivity contribution is 7.47. The van der Waals surface area contributed by atoms with Crippen molar-refractivity contribution in [3.63, 3.8) is 0 Å². The van der Waals surface area contributed by atoms with E-state index in [4.69, 9.17) is 23.3 Å². The summed E-state index contributed by atoms with van der Waals surface area (Å²) in [6.45, 7) is 3.13. The van der Waals surface area contributed by atoms with Gasteiger partial charge in [0.2, 0.25) is 0 Å². The molecule has 15 heteroatoms. The topological polar surface area (TPSA) is 222 Å². The number of esters is 2. The van der Waals surface area contributed by atoms with E-state index < -0.39 is 75.7 Å². The largest absolute Gasteiger partial charge is 0.472 e. The molecule has 0 amide bonds. The summed E-state index contributed by atoms with van der Waals surface area (Å²) in [5, 5.41) is 50.2. The van der Waals surface area contributed by atoms with Crippen LogP contribution in [0.15, 0.2) is 85.1 Å². The maximum absolute atomic E-state index is 12.8. The van der Waals surface area contributed by atoms with E-state index in [9.17, 15) is 44.6 Å².